The molecule has 1 amide bonds. The van der Waals surface area contributed by atoms with Gasteiger partial charge >= 0.3 is 0 Å². The van der Waals surface area contributed by atoms with Crippen LogP contribution in [0.15, 0.2) is 30.3 Å². The van der Waals surface area contributed by atoms with Gasteiger partial charge in [-0.15, -0.1) is 0 Å². The molecule has 116 valence electrons. The van der Waals surface area contributed by atoms with Gasteiger partial charge in [-0.2, -0.15) is 0 Å². The molecule has 1 heterocycles. The molecule has 0 radical (unpaired) electrons. The smallest absolute Gasteiger partial charge is 0.230 e. The molecule has 3 unspecified atom stereocenters. The summed E-state index contributed by atoms with van der Waals surface area (Å²) < 4.78 is 0. The third-order valence-corrected chi connectivity index (χ3v) is 4.60. The molecular formula is C18H28N2O. The molecule has 1 aromatic carbocycles. The number of carbonyl (C=O) groups excluding carboxylic acids is 1. The molecule has 1 aliphatic heterocycles. The van der Waals surface area contributed by atoms with Crippen LogP contribution in [0.5, 0.6) is 0 Å². The Kier molecular flexibility index (Phi) is 5.40. The molecule has 3 nitrogen and oxygen atoms in total. The van der Waals surface area contributed by atoms with Crippen molar-refractivity contribution >= 4 is 5.91 Å². The normalized spacial score (nSPS) is 22.1. The fourth-order valence-corrected chi connectivity index (χ4v) is 3.31. The van der Waals surface area contributed by atoms with Crippen molar-refractivity contribution in [3.05, 3.63) is 35.9 Å². The van der Waals surface area contributed by atoms with Gasteiger partial charge in [-0.25, -0.2) is 0 Å². The van der Waals surface area contributed by atoms with Gasteiger partial charge in [-0.1, -0.05) is 44.2 Å². The molecule has 0 saturated carbocycles. The van der Waals surface area contributed by atoms with E-state index in [1.54, 1.807) is 0 Å². The number of rotatable bonds is 4. The van der Waals surface area contributed by atoms with Crippen molar-refractivity contribution in [1.29, 1.82) is 0 Å². The SMILES string of the molecule is CC(C)C(C(=O)N1CCCC(C(C)N)C1)c1ccccc1. The Bertz CT molecular complexity index is 456. The molecule has 1 saturated heterocycles. The van der Waals surface area contributed by atoms with Crippen LogP contribution in [0.2, 0.25) is 0 Å². The van der Waals surface area contributed by atoms with Crippen molar-refractivity contribution in [2.75, 3.05) is 13.1 Å². The topological polar surface area (TPSA) is 46.3 Å². The molecule has 0 aliphatic carbocycles. The molecule has 0 aromatic heterocycles. The van der Waals surface area contributed by atoms with Gasteiger partial charge in [-0.3, -0.25) is 4.79 Å². The Morgan fingerprint density at radius 2 is 1.90 bits per heavy atom. The first kappa shape index (κ1) is 16.0. The minimum Gasteiger partial charge on any atom is -0.342 e. The van der Waals surface area contributed by atoms with E-state index in [1.807, 2.05) is 23.1 Å². The summed E-state index contributed by atoms with van der Waals surface area (Å²) >= 11 is 0. The van der Waals surface area contributed by atoms with E-state index in [-0.39, 0.29) is 17.9 Å². The maximum absolute atomic E-state index is 13.0. The number of hydrogen-bond acceptors (Lipinski definition) is 2. The van der Waals surface area contributed by atoms with Gasteiger partial charge < -0.3 is 10.6 Å². The van der Waals surface area contributed by atoms with Crippen molar-refractivity contribution < 1.29 is 4.79 Å². The second-order valence-electron chi connectivity index (χ2n) is 6.68. The van der Waals surface area contributed by atoms with E-state index in [4.69, 9.17) is 5.73 Å². The van der Waals surface area contributed by atoms with Crippen molar-refractivity contribution in [2.24, 2.45) is 17.6 Å². The lowest BCUT2D eigenvalue weighted by Gasteiger charge is -2.37. The summed E-state index contributed by atoms with van der Waals surface area (Å²) in [6.07, 6.45) is 2.21. The third kappa shape index (κ3) is 3.85. The van der Waals surface area contributed by atoms with Gasteiger partial charge in [0.25, 0.3) is 0 Å². The van der Waals surface area contributed by atoms with Crippen molar-refractivity contribution in [3.63, 3.8) is 0 Å². The van der Waals surface area contributed by atoms with E-state index >= 15 is 0 Å². The number of amides is 1. The Morgan fingerprint density at radius 3 is 2.48 bits per heavy atom. The summed E-state index contributed by atoms with van der Waals surface area (Å²) in [7, 11) is 0. The average Bonchev–Trinajstić information content (AvgIpc) is 2.48. The fraction of sp³-hybridized carbons (Fsp3) is 0.611. The number of likely N-dealkylation sites (tertiary alicyclic amines) is 1. The average molecular weight is 288 g/mol. The molecule has 0 bridgehead atoms. The predicted molar refractivity (Wildman–Crippen MR) is 87.0 cm³/mol. The number of benzene rings is 1. The van der Waals surface area contributed by atoms with Crippen molar-refractivity contribution in [1.82, 2.24) is 4.90 Å². The van der Waals surface area contributed by atoms with Gasteiger partial charge in [0.15, 0.2) is 0 Å². The monoisotopic (exact) mass is 288 g/mol. The summed E-state index contributed by atoms with van der Waals surface area (Å²) in [5.41, 5.74) is 7.16. The van der Waals surface area contributed by atoms with Gasteiger partial charge in [0.2, 0.25) is 5.91 Å². The van der Waals surface area contributed by atoms with Crippen LogP contribution in [0.3, 0.4) is 0 Å². The summed E-state index contributed by atoms with van der Waals surface area (Å²) in [6.45, 7) is 7.99. The van der Waals surface area contributed by atoms with Crippen LogP contribution in [0.25, 0.3) is 0 Å². The lowest BCUT2D eigenvalue weighted by molar-refractivity contribution is -0.135. The summed E-state index contributed by atoms with van der Waals surface area (Å²) in [5.74, 6) is 0.960. The molecule has 21 heavy (non-hydrogen) atoms. The summed E-state index contributed by atoms with van der Waals surface area (Å²) in [5, 5.41) is 0. The second kappa shape index (κ2) is 7.08. The lowest BCUT2D eigenvalue weighted by Crippen LogP contribution is -2.47. The molecule has 1 fully saturated rings. The Hall–Kier alpha value is -1.35. The first-order valence-corrected chi connectivity index (χ1v) is 8.10. The maximum atomic E-state index is 13.0. The molecule has 0 spiro atoms. The molecule has 1 aromatic rings. The lowest BCUT2D eigenvalue weighted by atomic mass is 9.85. The number of nitrogens with zero attached hydrogens (tertiary/aromatic N) is 1. The highest BCUT2D eigenvalue weighted by molar-refractivity contribution is 5.84. The highest BCUT2D eigenvalue weighted by Gasteiger charge is 2.32. The highest BCUT2D eigenvalue weighted by Crippen LogP contribution is 2.29. The van der Waals surface area contributed by atoms with Crippen LogP contribution in [-0.4, -0.2) is 29.9 Å². The number of piperidine rings is 1. The standard InChI is InChI=1S/C18H28N2O/c1-13(2)17(15-8-5-4-6-9-15)18(21)20-11-7-10-16(12-20)14(3)19/h4-6,8-9,13-14,16-17H,7,10-12,19H2,1-3H3. The van der Waals surface area contributed by atoms with E-state index in [9.17, 15) is 4.79 Å². The minimum atomic E-state index is -0.0435. The highest BCUT2D eigenvalue weighted by atomic mass is 16.2. The second-order valence-corrected chi connectivity index (χ2v) is 6.68. The van der Waals surface area contributed by atoms with Gasteiger partial charge in [0.1, 0.15) is 0 Å². The van der Waals surface area contributed by atoms with Crippen molar-refractivity contribution in [2.45, 2.75) is 45.6 Å². The maximum Gasteiger partial charge on any atom is 0.230 e. The molecule has 2 N–H and O–H groups in total. The van der Waals surface area contributed by atoms with Crippen LogP contribution in [0.1, 0.15) is 45.1 Å². The molecule has 2 rings (SSSR count). The quantitative estimate of drug-likeness (QED) is 0.925. The number of nitrogens with two attached hydrogens (primary N) is 1. The van der Waals surface area contributed by atoms with E-state index < -0.39 is 0 Å². The zero-order valence-electron chi connectivity index (χ0n) is 13.5. The van der Waals surface area contributed by atoms with E-state index in [1.165, 1.54) is 0 Å². The van der Waals surface area contributed by atoms with Crippen LogP contribution in [0.4, 0.5) is 0 Å². The number of carbonyl (C=O) groups is 1. The Labute approximate surface area is 128 Å². The Balaban J connectivity index is 2.15. The minimum absolute atomic E-state index is 0.0435. The zero-order chi connectivity index (χ0) is 15.4. The predicted octanol–water partition coefficient (Wildman–Crippen LogP) is 3.01. The molecule has 3 atom stereocenters. The third-order valence-electron chi connectivity index (χ3n) is 4.60. The van der Waals surface area contributed by atoms with Gasteiger partial charge in [0, 0.05) is 19.1 Å². The molecule has 1 aliphatic rings. The van der Waals surface area contributed by atoms with Crippen LogP contribution in [0, 0.1) is 11.8 Å². The van der Waals surface area contributed by atoms with Crippen molar-refractivity contribution in [3.8, 4) is 0 Å². The molecule has 3 heteroatoms. The van der Waals surface area contributed by atoms with Crippen LogP contribution in [-0.2, 0) is 4.79 Å². The largest absolute Gasteiger partial charge is 0.342 e. The molecular weight excluding hydrogens is 260 g/mol. The van der Waals surface area contributed by atoms with Crippen LogP contribution < -0.4 is 5.73 Å². The summed E-state index contributed by atoms with van der Waals surface area (Å²) in [4.78, 5) is 15.0. The van der Waals surface area contributed by atoms with Gasteiger partial charge in [0.05, 0.1) is 5.92 Å². The van der Waals surface area contributed by atoms with E-state index in [0.717, 1.165) is 31.5 Å². The van der Waals surface area contributed by atoms with Crippen LogP contribution >= 0.6 is 0 Å². The summed E-state index contributed by atoms with van der Waals surface area (Å²) in [6, 6.07) is 10.3. The van der Waals surface area contributed by atoms with E-state index in [2.05, 4.69) is 32.9 Å². The zero-order valence-corrected chi connectivity index (χ0v) is 13.5. The number of hydrogen-bond donors (Lipinski definition) is 1. The van der Waals surface area contributed by atoms with E-state index in [0.29, 0.717) is 11.8 Å². The fourth-order valence-electron chi connectivity index (χ4n) is 3.31. The first-order valence-electron chi connectivity index (χ1n) is 8.10. The Morgan fingerprint density at radius 1 is 1.24 bits per heavy atom. The first-order chi connectivity index (χ1) is 10.0. The van der Waals surface area contributed by atoms with Gasteiger partial charge in [-0.05, 0) is 37.2 Å².